The van der Waals surface area contributed by atoms with Crippen LogP contribution >= 0.6 is 46.2 Å². The van der Waals surface area contributed by atoms with Crippen molar-refractivity contribution in [2.75, 3.05) is 11.5 Å². The van der Waals surface area contributed by atoms with Gasteiger partial charge in [0.2, 0.25) is 0 Å². The van der Waals surface area contributed by atoms with Crippen molar-refractivity contribution in [3.8, 4) is 0 Å². The minimum atomic E-state index is 1.08. The predicted octanol–water partition coefficient (Wildman–Crippen LogP) is 6.73. The Hall–Kier alpha value is -1.22. The van der Waals surface area contributed by atoms with Crippen molar-refractivity contribution in [3.63, 3.8) is 0 Å². The zero-order chi connectivity index (χ0) is 20.6. The highest BCUT2D eigenvalue weighted by Crippen LogP contribution is 2.41. The molecule has 160 valence electrons. The van der Waals surface area contributed by atoms with Crippen molar-refractivity contribution >= 4 is 66.6 Å². The Morgan fingerprint density at radius 2 is 1.13 bits per heavy atom. The van der Waals surface area contributed by atoms with E-state index >= 15 is 0 Å². The lowest BCUT2D eigenvalue weighted by molar-refractivity contribution is 0.699. The van der Waals surface area contributed by atoms with Gasteiger partial charge < -0.3 is 0 Å². The van der Waals surface area contributed by atoms with E-state index in [0.29, 0.717) is 0 Å². The van der Waals surface area contributed by atoms with E-state index in [1.165, 1.54) is 93.0 Å². The number of aromatic nitrogens is 4. The quantitative estimate of drug-likeness (QED) is 0.172. The van der Waals surface area contributed by atoms with Crippen LogP contribution in [0.15, 0.2) is 22.7 Å². The fourth-order valence-electron chi connectivity index (χ4n) is 4.74. The van der Waals surface area contributed by atoms with E-state index in [0.717, 1.165) is 17.9 Å². The molecule has 0 saturated carbocycles. The topological polar surface area (TPSA) is 51.6 Å². The number of thiophene rings is 2. The number of aryl methyl sites for hydroxylation is 4. The SMILES string of the molecule is c1nc(SCCCSc2ncnc3sc4c(c23)CCCC4)c2c3c(sc2n1)CCCC3. The van der Waals surface area contributed by atoms with Gasteiger partial charge in [-0.2, -0.15) is 0 Å². The van der Waals surface area contributed by atoms with E-state index in [1.54, 1.807) is 22.4 Å². The summed E-state index contributed by atoms with van der Waals surface area (Å²) in [7, 11) is 0. The number of hydrogen-bond donors (Lipinski definition) is 0. The average Bonchev–Trinajstić information content (AvgIpc) is 3.38. The summed E-state index contributed by atoms with van der Waals surface area (Å²) in [4.78, 5) is 23.9. The molecule has 4 heterocycles. The molecule has 0 aromatic carbocycles. The second kappa shape index (κ2) is 8.96. The second-order valence-corrected chi connectivity index (χ2v) is 12.5. The minimum absolute atomic E-state index is 1.08. The van der Waals surface area contributed by atoms with Gasteiger partial charge in [-0.05, 0) is 68.9 Å². The number of hydrogen-bond acceptors (Lipinski definition) is 8. The molecule has 0 N–H and O–H groups in total. The van der Waals surface area contributed by atoms with Crippen LogP contribution in [0.1, 0.15) is 53.0 Å². The number of rotatable bonds is 6. The fraction of sp³-hybridized carbons (Fsp3) is 0.478. The van der Waals surface area contributed by atoms with Crippen LogP contribution < -0.4 is 0 Å². The van der Waals surface area contributed by atoms with Gasteiger partial charge in [-0.1, -0.05) is 0 Å². The van der Waals surface area contributed by atoms with Gasteiger partial charge in [-0.25, -0.2) is 19.9 Å². The van der Waals surface area contributed by atoms with E-state index in [4.69, 9.17) is 0 Å². The van der Waals surface area contributed by atoms with Crippen LogP contribution in [0.2, 0.25) is 0 Å². The van der Waals surface area contributed by atoms with Gasteiger partial charge in [0.1, 0.15) is 32.4 Å². The third-order valence-electron chi connectivity index (χ3n) is 6.20. The van der Waals surface area contributed by atoms with Gasteiger partial charge >= 0.3 is 0 Å². The molecule has 31 heavy (non-hydrogen) atoms. The highest BCUT2D eigenvalue weighted by Gasteiger charge is 2.21. The summed E-state index contributed by atoms with van der Waals surface area (Å²) < 4.78 is 0. The number of nitrogens with zero attached hydrogens (tertiary/aromatic N) is 4. The monoisotopic (exact) mass is 484 g/mol. The lowest BCUT2D eigenvalue weighted by Crippen LogP contribution is -1.99. The molecule has 0 unspecified atom stereocenters. The summed E-state index contributed by atoms with van der Waals surface area (Å²) in [6, 6.07) is 0. The summed E-state index contributed by atoms with van der Waals surface area (Å²) in [5, 5.41) is 5.07. The Balaban J connectivity index is 1.13. The number of fused-ring (bicyclic) bond motifs is 6. The lowest BCUT2D eigenvalue weighted by atomic mass is 9.97. The van der Waals surface area contributed by atoms with Crippen molar-refractivity contribution in [2.24, 2.45) is 0 Å². The van der Waals surface area contributed by atoms with Gasteiger partial charge in [0.25, 0.3) is 0 Å². The molecule has 0 radical (unpaired) electrons. The molecule has 2 aliphatic carbocycles. The summed E-state index contributed by atoms with van der Waals surface area (Å²) in [6.07, 6.45) is 14.7. The summed E-state index contributed by atoms with van der Waals surface area (Å²) in [5.41, 5.74) is 3.07. The van der Waals surface area contributed by atoms with Crippen molar-refractivity contribution in [3.05, 3.63) is 33.5 Å². The molecule has 0 atom stereocenters. The first kappa shape index (κ1) is 20.4. The van der Waals surface area contributed by atoms with E-state index in [9.17, 15) is 0 Å². The zero-order valence-electron chi connectivity index (χ0n) is 17.4. The van der Waals surface area contributed by atoms with Crippen LogP contribution in [0.3, 0.4) is 0 Å². The summed E-state index contributed by atoms with van der Waals surface area (Å²) >= 11 is 7.58. The van der Waals surface area contributed by atoms with Crippen molar-refractivity contribution in [1.82, 2.24) is 19.9 Å². The molecule has 6 rings (SSSR count). The van der Waals surface area contributed by atoms with Gasteiger partial charge in [-0.15, -0.1) is 46.2 Å². The van der Waals surface area contributed by atoms with Crippen LogP contribution in [-0.2, 0) is 25.7 Å². The number of thioether (sulfide) groups is 2. The van der Waals surface area contributed by atoms with E-state index < -0.39 is 0 Å². The predicted molar refractivity (Wildman–Crippen MR) is 134 cm³/mol. The maximum atomic E-state index is 4.66. The molecule has 2 aliphatic rings. The maximum Gasteiger partial charge on any atom is 0.128 e. The highest BCUT2D eigenvalue weighted by molar-refractivity contribution is 8.00. The van der Waals surface area contributed by atoms with Gasteiger partial charge in [0, 0.05) is 32.0 Å². The van der Waals surface area contributed by atoms with Crippen LogP contribution in [0.5, 0.6) is 0 Å². The normalized spacial score (nSPS) is 16.0. The molecule has 0 spiro atoms. The van der Waals surface area contributed by atoms with Gasteiger partial charge in [-0.3, -0.25) is 0 Å². The molecule has 0 aliphatic heterocycles. The molecule has 0 saturated heterocycles. The molecule has 0 bridgehead atoms. The van der Waals surface area contributed by atoms with Crippen LogP contribution in [0.25, 0.3) is 20.4 Å². The summed E-state index contributed by atoms with van der Waals surface area (Å²) in [6.45, 7) is 0. The summed E-state index contributed by atoms with van der Waals surface area (Å²) in [5.74, 6) is 2.17. The lowest BCUT2D eigenvalue weighted by Gasteiger charge is -2.12. The first-order valence-corrected chi connectivity index (χ1v) is 14.7. The van der Waals surface area contributed by atoms with Crippen molar-refractivity contribution in [1.29, 1.82) is 0 Å². The molecule has 0 amide bonds. The van der Waals surface area contributed by atoms with E-state index in [2.05, 4.69) is 19.9 Å². The third kappa shape index (κ3) is 3.90. The van der Waals surface area contributed by atoms with Crippen LogP contribution in [0, 0.1) is 0 Å². The zero-order valence-corrected chi connectivity index (χ0v) is 20.6. The molecular formula is C23H24N4S4. The minimum Gasteiger partial charge on any atom is -0.229 e. The third-order valence-corrected chi connectivity index (χ3v) is 10.8. The van der Waals surface area contributed by atoms with E-state index in [1.807, 2.05) is 46.2 Å². The Kier molecular flexibility index (Phi) is 5.90. The fourth-order valence-corrected chi connectivity index (χ4v) is 9.44. The van der Waals surface area contributed by atoms with Crippen LogP contribution in [0.4, 0.5) is 0 Å². The first-order chi connectivity index (χ1) is 15.4. The molecule has 8 heteroatoms. The standard InChI is InChI=1S/C23H24N4S4/c1-3-8-16-14(6-1)18-20(24-12-26-22(18)30-16)28-10-5-11-29-21-19-15-7-2-4-9-17(15)31-23(19)27-13-25-21/h12-13H,1-11H2. The molecular weight excluding hydrogens is 461 g/mol. The second-order valence-electron chi connectivity index (χ2n) is 8.19. The Morgan fingerprint density at radius 1 is 0.645 bits per heavy atom. The van der Waals surface area contributed by atoms with Crippen molar-refractivity contribution < 1.29 is 0 Å². The largest absolute Gasteiger partial charge is 0.229 e. The highest BCUT2D eigenvalue weighted by atomic mass is 32.2. The molecule has 4 nitrogen and oxygen atoms in total. The molecule has 4 aromatic heterocycles. The first-order valence-electron chi connectivity index (χ1n) is 11.1. The average molecular weight is 485 g/mol. The maximum absolute atomic E-state index is 4.66. The van der Waals surface area contributed by atoms with Crippen molar-refractivity contribution in [2.45, 2.75) is 67.8 Å². The van der Waals surface area contributed by atoms with E-state index in [-0.39, 0.29) is 0 Å². The Bertz CT molecular complexity index is 1150. The van der Waals surface area contributed by atoms with Gasteiger partial charge in [0.05, 0.1) is 0 Å². The molecule has 4 aromatic rings. The van der Waals surface area contributed by atoms with Gasteiger partial charge in [0.15, 0.2) is 0 Å². The smallest absolute Gasteiger partial charge is 0.128 e. The molecule has 0 fully saturated rings. The Morgan fingerprint density at radius 3 is 1.65 bits per heavy atom. The van der Waals surface area contributed by atoms with Crippen LogP contribution in [-0.4, -0.2) is 31.4 Å². The Labute approximate surface area is 198 Å².